The smallest absolute Gasteiger partial charge is 0.420 e. The maximum Gasteiger partial charge on any atom is 0.420 e. The first-order chi connectivity index (χ1) is 13.9. The van der Waals surface area contributed by atoms with Crippen molar-refractivity contribution in [3.8, 4) is 11.3 Å². The minimum Gasteiger partial charge on any atom is -0.459 e. The summed E-state index contributed by atoms with van der Waals surface area (Å²) in [6, 6.07) is 17.4. The molecule has 1 atom stereocenters. The van der Waals surface area contributed by atoms with E-state index in [1.54, 1.807) is 50.4 Å². The van der Waals surface area contributed by atoms with Crippen molar-refractivity contribution in [3.63, 3.8) is 0 Å². The fraction of sp³-hybridized carbons (Fsp3) is 0.182. The van der Waals surface area contributed by atoms with Crippen LogP contribution >= 0.6 is 11.6 Å². The van der Waals surface area contributed by atoms with Crippen molar-refractivity contribution < 1.29 is 13.6 Å². The van der Waals surface area contributed by atoms with Gasteiger partial charge in [-0.15, -0.1) is 0 Å². The number of likely N-dealkylation sites (N-methyl/N-ethyl adjacent to an activating group) is 1. The summed E-state index contributed by atoms with van der Waals surface area (Å²) in [4.78, 5) is 26.7. The first kappa shape index (κ1) is 19.1. The Morgan fingerprint density at radius 1 is 1.07 bits per heavy atom. The monoisotopic (exact) mass is 410 g/mol. The Bertz CT molecular complexity index is 1220. The maximum atomic E-state index is 12.9. The zero-order chi connectivity index (χ0) is 20.5. The molecule has 0 fully saturated rings. The molecule has 0 radical (unpaired) electrons. The van der Waals surface area contributed by atoms with Gasteiger partial charge in [0, 0.05) is 17.6 Å². The molecule has 2 aromatic heterocycles. The van der Waals surface area contributed by atoms with Crippen molar-refractivity contribution in [3.05, 3.63) is 82.0 Å². The Kier molecular flexibility index (Phi) is 5.03. The molecule has 0 N–H and O–H groups in total. The average molecular weight is 411 g/mol. The van der Waals surface area contributed by atoms with Crippen LogP contribution in [0.25, 0.3) is 22.4 Å². The van der Waals surface area contributed by atoms with Crippen LogP contribution in [0.3, 0.4) is 0 Å². The van der Waals surface area contributed by atoms with Crippen LogP contribution in [-0.2, 0) is 11.3 Å². The second kappa shape index (κ2) is 7.64. The Balaban J connectivity index is 1.52. The first-order valence-corrected chi connectivity index (χ1v) is 9.51. The molecule has 7 heteroatoms. The first-order valence-electron chi connectivity index (χ1n) is 9.14. The topological polar surface area (TPSA) is 68.6 Å². The third kappa shape index (κ3) is 3.71. The second-order valence-electron chi connectivity index (χ2n) is 6.85. The van der Waals surface area contributed by atoms with Gasteiger partial charge in [0.1, 0.15) is 17.6 Å². The average Bonchev–Trinajstić information content (AvgIpc) is 3.30. The number of furan rings is 1. The molecule has 0 saturated heterocycles. The van der Waals surface area contributed by atoms with E-state index in [1.165, 1.54) is 9.47 Å². The molecule has 4 aromatic rings. The number of hydrogen-bond acceptors (Lipinski definition) is 4. The van der Waals surface area contributed by atoms with Crippen molar-refractivity contribution in [2.45, 2.75) is 19.5 Å². The summed E-state index contributed by atoms with van der Waals surface area (Å²) in [5, 5.41) is 0.655. The normalized spacial score (nSPS) is 12.2. The van der Waals surface area contributed by atoms with Gasteiger partial charge in [-0.05, 0) is 55.5 Å². The molecule has 0 spiro atoms. The third-order valence-electron chi connectivity index (χ3n) is 4.82. The number of halogens is 1. The van der Waals surface area contributed by atoms with Gasteiger partial charge in [0.15, 0.2) is 5.58 Å². The number of hydrogen-bond donors (Lipinski definition) is 0. The van der Waals surface area contributed by atoms with Crippen LogP contribution < -0.4 is 5.76 Å². The van der Waals surface area contributed by atoms with Crippen LogP contribution in [-0.4, -0.2) is 22.4 Å². The van der Waals surface area contributed by atoms with Crippen LogP contribution in [0.5, 0.6) is 0 Å². The number of rotatable bonds is 5. The lowest BCUT2D eigenvalue weighted by Gasteiger charge is -2.21. The van der Waals surface area contributed by atoms with E-state index in [0.717, 1.165) is 5.56 Å². The van der Waals surface area contributed by atoms with E-state index in [2.05, 4.69) is 0 Å². The van der Waals surface area contributed by atoms with E-state index in [1.807, 2.05) is 24.3 Å². The molecule has 0 aliphatic heterocycles. The minimum absolute atomic E-state index is 0.219. The number of carbonyl (C=O) groups excluding carboxylic acids is 1. The number of fused-ring (bicyclic) bond motifs is 1. The van der Waals surface area contributed by atoms with E-state index in [4.69, 9.17) is 20.4 Å². The van der Waals surface area contributed by atoms with Gasteiger partial charge in [0.2, 0.25) is 5.91 Å². The number of aromatic nitrogens is 1. The molecule has 2 aromatic carbocycles. The summed E-state index contributed by atoms with van der Waals surface area (Å²) in [5.74, 6) is 0.566. The molecule has 0 aliphatic rings. The summed E-state index contributed by atoms with van der Waals surface area (Å²) in [6.07, 6.45) is 0. The Labute approximate surface area is 171 Å². The van der Waals surface area contributed by atoms with Crippen molar-refractivity contribution in [1.29, 1.82) is 0 Å². The van der Waals surface area contributed by atoms with Crippen molar-refractivity contribution >= 4 is 28.6 Å². The molecule has 6 nitrogen and oxygen atoms in total. The van der Waals surface area contributed by atoms with Gasteiger partial charge in [0.05, 0.1) is 12.1 Å². The summed E-state index contributed by atoms with van der Waals surface area (Å²) in [5.41, 5.74) is 1.95. The Morgan fingerprint density at radius 3 is 2.55 bits per heavy atom. The fourth-order valence-electron chi connectivity index (χ4n) is 3.32. The summed E-state index contributed by atoms with van der Waals surface area (Å²) < 4.78 is 12.5. The van der Waals surface area contributed by atoms with Crippen molar-refractivity contribution in [1.82, 2.24) is 9.47 Å². The number of nitrogens with zero attached hydrogens (tertiary/aromatic N) is 2. The van der Waals surface area contributed by atoms with Gasteiger partial charge < -0.3 is 13.7 Å². The van der Waals surface area contributed by atoms with E-state index >= 15 is 0 Å². The molecule has 29 heavy (non-hydrogen) atoms. The fourth-order valence-corrected chi connectivity index (χ4v) is 3.45. The lowest BCUT2D eigenvalue weighted by Crippen LogP contribution is -2.35. The zero-order valence-electron chi connectivity index (χ0n) is 16.0. The van der Waals surface area contributed by atoms with Gasteiger partial charge in [0.25, 0.3) is 0 Å². The third-order valence-corrected chi connectivity index (χ3v) is 5.08. The maximum absolute atomic E-state index is 12.9. The predicted molar refractivity (Wildman–Crippen MR) is 111 cm³/mol. The van der Waals surface area contributed by atoms with E-state index in [9.17, 15) is 9.59 Å². The molecule has 148 valence electrons. The van der Waals surface area contributed by atoms with Crippen LogP contribution in [0.1, 0.15) is 18.7 Å². The summed E-state index contributed by atoms with van der Waals surface area (Å²) in [7, 11) is 1.68. The number of para-hydroxylation sites is 2. The van der Waals surface area contributed by atoms with Gasteiger partial charge in [-0.25, -0.2) is 4.79 Å². The summed E-state index contributed by atoms with van der Waals surface area (Å²) >= 11 is 5.92. The number of oxazole rings is 1. The minimum atomic E-state index is -0.707. The molecule has 1 amide bonds. The van der Waals surface area contributed by atoms with Crippen molar-refractivity contribution in [2.24, 2.45) is 0 Å². The van der Waals surface area contributed by atoms with Crippen LogP contribution in [0.4, 0.5) is 0 Å². The summed E-state index contributed by atoms with van der Waals surface area (Å²) in [6.45, 7) is 1.96. The lowest BCUT2D eigenvalue weighted by molar-refractivity contribution is -0.133. The highest BCUT2D eigenvalue weighted by Gasteiger charge is 2.24. The van der Waals surface area contributed by atoms with Crippen LogP contribution in [0.2, 0.25) is 5.02 Å². The van der Waals surface area contributed by atoms with Gasteiger partial charge >= 0.3 is 5.76 Å². The number of benzene rings is 2. The highest BCUT2D eigenvalue weighted by Crippen LogP contribution is 2.25. The van der Waals surface area contributed by atoms with Gasteiger partial charge in [-0.2, -0.15) is 0 Å². The Morgan fingerprint density at radius 2 is 1.79 bits per heavy atom. The van der Waals surface area contributed by atoms with E-state index < -0.39 is 11.8 Å². The standard InChI is InChI=1S/C22H19ClN2O4/c1-14(25-18-5-3-4-6-20(18)29-22(25)27)21(26)24(2)13-17-11-12-19(28-17)15-7-9-16(23)10-8-15/h3-12,14H,13H2,1-2H3. The number of amides is 1. The molecule has 4 rings (SSSR count). The molecule has 0 saturated carbocycles. The molecule has 0 bridgehead atoms. The molecular weight excluding hydrogens is 392 g/mol. The van der Waals surface area contributed by atoms with Crippen molar-refractivity contribution in [2.75, 3.05) is 7.05 Å². The second-order valence-corrected chi connectivity index (χ2v) is 7.29. The molecule has 2 heterocycles. The van der Waals surface area contributed by atoms with Gasteiger partial charge in [-0.3, -0.25) is 9.36 Å². The van der Waals surface area contributed by atoms with Crippen LogP contribution in [0, 0.1) is 0 Å². The lowest BCUT2D eigenvalue weighted by atomic mass is 10.2. The quantitative estimate of drug-likeness (QED) is 0.477. The van der Waals surface area contributed by atoms with Crippen LogP contribution in [0.15, 0.2) is 74.3 Å². The molecule has 0 aliphatic carbocycles. The zero-order valence-corrected chi connectivity index (χ0v) is 16.7. The Hall–Kier alpha value is -3.25. The largest absolute Gasteiger partial charge is 0.459 e. The van der Waals surface area contributed by atoms with Gasteiger partial charge in [-0.1, -0.05) is 23.7 Å². The predicted octanol–water partition coefficient (Wildman–Crippen LogP) is 4.73. The SMILES string of the molecule is CC(C(=O)N(C)Cc1ccc(-c2ccc(Cl)cc2)o1)n1c(=O)oc2ccccc21. The van der Waals surface area contributed by atoms with E-state index in [-0.39, 0.29) is 12.5 Å². The molecular formula is C22H19ClN2O4. The highest BCUT2D eigenvalue weighted by atomic mass is 35.5. The molecule has 1 unspecified atom stereocenters. The number of carbonyl (C=O) groups is 1. The highest BCUT2D eigenvalue weighted by molar-refractivity contribution is 6.30. The van der Waals surface area contributed by atoms with E-state index in [0.29, 0.717) is 27.6 Å².